The van der Waals surface area contributed by atoms with Crippen molar-refractivity contribution in [3.8, 4) is 6.26 Å². The fourth-order valence-electron chi connectivity index (χ4n) is 0. The molecule has 0 aromatic carbocycles. The van der Waals surface area contributed by atoms with Crippen LogP contribution in [0.3, 0.4) is 0 Å². The summed E-state index contributed by atoms with van der Waals surface area (Å²) in [5, 5.41) is 45.6. The molecule has 0 aliphatic carbocycles. The van der Waals surface area contributed by atoms with Crippen molar-refractivity contribution < 1.29 is 167 Å². The van der Waals surface area contributed by atoms with E-state index in [9.17, 15) is 0 Å². The third-order valence-corrected chi connectivity index (χ3v) is 0. The van der Waals surface area contributed by atoms with Crippen LogP contribution in [-0.2, 0) is 0 Å². The number of nitriles is 1. The van der Waals surface area contributed by atoms with Gasteiger partial charge in [0.15, 0.2) is 0 Å². The molecule has 0 aliphatic rings. The molecule has 2 N–H and O–H groups in total. The van der Waals surface area contributed by atoms with Crippen LogP contribution in [-0.4, -0.2) is 22.5 Å². The van der Waals surface area contributed by atoms with Gasteiger partial charge in [-0.05, 0) is 6.16 Å². The molecule has 0 fully saturated rings. The first-order valence-electron chi connectivity index (χ1n) is 1.69. The summed E-state index contributed by atoms with van der Waals surface area (Å²) in [7, 11) is 0. The van der Waals surface area contributed by atoms with E-state index in [1.807, 2.05) is 0 Å². The zero-order valence-electron chi connectivity index (χ0n) is 7.88. The molecule has 0 heterocycles. The van der Waals surface area contributed by atoms with E-state index in [1.165, 1.54) is 0 Å². The van der Waals surface area contributed by atoms with Crippen LogP contribution >= 0.6 is 0 Å². The minimum Gasteiger partial charge on any atom is -0.812 e. The number of carboxylic acid groups (broad SMARTS) is 4. The van der Waals surface area contributed by atoms with Crippen molar-refractivity contribution >= 4 is 12.3 Å². The number of rotatable bonds is 0. The minimum atomic E-state index is -2.33. The first kappa shape index (κ1) is 36.0. The van der Waals surface area contributed by atoms with Gasteiger partial charge in [0.25, 0.3) is 0 Å². The number of hydrogen-bond donors (Lipinski definition) is 2. The van der Waals surface area contributed by atoms with Gasteiger partial charge in [-0.15, -0.1) is 0 Å². The van der Waals surface area contributed by atoms with Crippen molar-refractivity contribution in [2.75, 3.05) is 0 Å². The number of hydrogen-bond acceptors (Lipinski definition) is 6. The normalized spacial score (nSPS) is 3.93. The molecule has 8 nitrogen and oxygen atoms in total. The van der Waals surface area contributed by atoms with E-state index >= 15 is 0 Å². The summed E-state index contributed by atoms with van der Waals surface area (Å²) in [5.74, 6) is 0. The molecule has 0 spiro atoms. The Morgan fingerprint density at radius 2 is 1.14 bits per heavy atom. The smallest absolute Gasteiger partial charge is 0.812 e. The fraction of sp³-hybridized carbons (Fsp3) is 0. The van der Waals surface area contributed by atoms with E-state index in [0.717, 1.165) is 0 Å². The molecule has 0 amide bonds. The molecule has 0 saturated carbocycles. The van der Waals surface area contributed by atoms with Gasteiger partial charge in [-0.1, -0.05) is 0 Å². The van der Waals surface area contributed by atoms with Crippen LogP contribution in [0.15, 0.2) is 0 Å². The van der Waals surface area contributed by atoms with Gasteiger partial charge in [-0.25, -0.2) is 10.1 Å². The summed E-state index contributed by atoms with van der Waals surface area (Å²) in [5.41, 5.74) is 0. The maximum Gasteiger partial charge on any atom is 1.00 e. The maximum atomic E-state index is 8.56. The van der Waals surface area contributed by atoms with E-state index in [4.69, 9.17) is 40.4 Å². The van der Waals surface area contributed by atoms with Crippen molar-refractivity contribution in [2.24, 2.45) is 0 Å². The summed E-state index contributed by atoms with van der Waals surface area (Å²) in [6.45, 7) is 0. The number of nitrogens with zero attached hydrogens (tertiary/aromatic N) is 1. The van der Waals surface area contributed by atoms with E-state index in [0.29, 0.717) is 6.26 Å². The standard InChI is InChI=1S/CHNO.2CH2O3.2K.Na/c2-1-3;2*2-1(3)4;;;/h3H;2*(H2,2,3,4);;;/q;;;3*+1/p-3. The SMILES string of the molecule is N#C[O-].O=C(O)O.O=C([O-])[O-].[K+].[K+].[Na+]. The summed E-state index contributed by atoms with van der Waals surface area (Å²) in [6, 6.07) is 0. The van der Waals surface area contributed by atoms with Crippen LogP contribution < -0.4 is 148 Å². The van der Waals surface area contributed by atoms with Crippen molar-refractivity contribution in [3.05, 3.63) is 0 Å². The van der Waals surface area contributed by atoms with Gasteiger partial charge < -0.3 is 30.3 Å². The van der Waals surface area contributed by atoms with Gasteiger partial charge in [0, 0.05) is 6.26 Å². The molecular weight excluding hydrogens is 263 g/mol. The fourth-order valence-corrected chi connectivity index (χ4v) is 0. The predicted molar refractivity (Wildman–Crippen MR) is 21.7 cm³/mol. The van der Waals surface area contributed by atoms with Gasteiger partial charge in [0.05, 0.1) is 0 Å². The maximum absolute atomic E-state index is 8.56. The van der Waals surface area contributed by atoms with E-state index in [-0.39, 0.29) is 132 Å². The average molecular weight is 265 g/mol. The van der Waals surface area contributed by atoms with E-state index in [1.54, 1.807) is 0 Å². The monoisotopic (exact) mass is 265 g/mol. The van der Waals surface area contributed by atoms with Crippen LogP contribution in [0, 0.1) is 11.5 Å². The molecular formula is C3H2K2NNaO7. The van der Waals surface area contributed by atoms with Gasteiger partial charge in [-0.2, -0.15) is 0 Å². The first-order valence-corrected chi connectivity index (χ1v) is 1.69. The molecule has 0 unspecified atom stereocenters. The second-order valence-electron chi connectivity index (χ2n) is 0.624. The van der Waals surface area contributed by atoms with Gasteiger partial charge in [-0.3, -0.25) is 0 Å². The molecule has 0 aliphatic heterocycles. The van der Waals surface area contributed by atoms with Gasteiger partial charge >= 0.3 is 138 Å². The Morgan fingerprint density at radius 3 is 1.14 bits per heavy atom. The summed E-state index contributed by atoms with van der Waals surface area (Å²) < 4.78 is 0. The van der Waals surface area contributed by atoms with Crippen molar-refractivity contribution in [1.82, 2.24) is 0 Å². The quantitative estimate of drug-likeness (QED) is 0.321. The molecule has 64 valence electrons. The van der Waals surface area contributed by atoms with E-state index < -0.39 is 12.3 Å². The Kier molecular flexibility index (Phi) is 93.2. The van der Waals surface area contributed by atoms with Crippen LogP contribution in [0.2, 0.25) is 0 Å². The second kappa shape index (κ2) is 36.3. The molecule has 0 rings (SSSR count). The Bertz CT molecular complexity index is 140. The summed E-state index contributed by atoms with van der Waals surface area (Å²) in [4.78, 5) is 16.9. The number of carbonyl (C=O) groups is 2. The Hall–Kier alpha value is 2.10. The third-order valence-electron chi connectivity index (χ3n) is 0. The average Bonchev–Trinajstić information content (AvgIpc) is 1.60. The summed E-state index contributed by atoms with van der Waals surface area (Å²) >= 11 is 0. The Morgan fingerprint density at radius 1 is 1.14 bits per heavy atom. The molecule has 0 atom stereocenters. The Balaban J connectivity index is -0.0000000156. The molecule has 0 radical (unpaired) electrons. The molecule has 11 heteroatoms. The molecule has 14 heavy (non-hydrogen) atoms. The Labute approximate surface area is 186 Å². The molecule has 0 aromatic heterocycles. The van der Waals surface area contributed by atoms with Crippen molar-refractivity contribution in [2.45, 2.75) is 0 Å². The number of carbonyl (C=O) groups excluding carboxylic acids is 1. The second-order valence-corrected chi connectivity index (χ2v) is 0.624. The molecule has 0 aromatic rings. The first-order chi connectivity index (χ1) is 4.88. The topological polar surface area (TPSA) is 168 Å². The third kappa shape index (κ3) is 548. The van der Waals surface area contributed by atoms with Gasteiger partial charge in [0.1, 0.15) is 0 Å². The van der Waals surface area contributed by atoms with Crippen molar-refractivity contribution in [3.63, 3.8) is 0 Å². The van der Waals surface area contributed by atoms with Crippen molar-refractivity contribution in [1.29, 1.82) is 5.26 Å². The van der Waals surface area contributed by atoms with Crippen LogP contribution in [0.1, 0.15) is 0 Å². The summed E-state index contributed by atoms with van der Waals surface area (Å²) in [6.07, 6.45) is -3.67. The van der Waals surface area contributed by atoms with Crippen LogP contribution in [0.5, 0.6) is 0 Å². The van der Waals surface area contributed by atoms with Gasteiger partial charge in [0.2, 0.25) is 0 Å². The van der Waals surface area contributed by atoms with E-state index in [2.05, 4.69) is 0 Å². The largest absolute Gasteiger partial charge is 1.00 e. The zero-order chi connectivity index (χ0) is 9.86. The molecule has 0 bridgehead atoms. The molecule has 0 saturated heterocycles. The van der Waals surface area contributed by atoms with Crippen LogP contribution in [0.25, 0.3) is 0 Å². The minimum absolute atomic E-state index is 0. The predicted octanol–water partition coefficient (Wildman–Crippen LogP) is -12.4. The van der Waals surface area contributed by atoms with Crippen LogP contribution in [0.4, 0.5) is 9.59 Å². The zero-order valence-corrected chi connectivity index (χ0v) is 16.1.